The highest BCUT2D eigenvalue weighted by molar-refractivity contribution is 9.10. The van der Waals surface area contributed by atoms with Crippen LogP contribution in [0.4, 0.5) is 13.2 Å². The predicted molar refractivity (Wildman–Crippen MR) is 74.6 cm³/mol. The van der Waals surface area contributed by atoms with Crippen LogP contribution in [0.5, 0.6) is 5.75 Å². The monoisotopic (exact) mass is 355 g/mol. The van der Waals surface area contributed by atoms with Crippen LogP contribution in [0, 0.1) is 11.3 Å². The van der Waals surface area contributed by atoms with Crippen molar-refractivity contribution in [1.82, 2.24) is 0 Å². The minimum absolute atomic E-state index is 0.00357. The minimum Gasteiger partial charge on any atom is -0.488 e. The molecule has 0 aromatic heterocycles. The molecular formula is C15H9BrF3NO. The van der Waals surface area contributed by atoms with Gasteiger partial charge >= 0.3 is 6.18 Å². The molecule has 2 aromatic carbocycles. The van der Waals surface area contributed by atoms with Crippen molar-refractivity contribution in [2.45, 2.75) is 12.8 Å². The average Bonchev–Trinajstić information content (AvgIpc) is 2.45. The Morgan fingerprint density at radius 1 is 1.14 bits per heavy atom. The molecule has 0 bridgehead atoms. The summed E-state index contributed by atoms with van der Waals surface area (Å²) in [4.78, 5) is 0. The molecule has 0 spiro atoms. The highest BCUT2D eigenvalue weighted by Crippen LogP contribution is 2.37. The summed E-state index contributed by atoms with van der Waals surface area (Å²) in [6.45, 7) is -0.00357. The average molecular weight is 356 g/mol. The lowest BCUT2D eigenvalue weighted by molar-refractivity contribution is -0.139. The van der Waals surface area contributed by atoms with Gasteiger partial charge in [0.05, 0.1) is 17.2 Å². The van der Waals surface area contributed by atoms with Gasteiger partial charge in [-0.1, -0.05) is 34.1 Å². The van der Waals surface area contributed by atoms with Gasteiger partial charge < -0.3 is 4.74 Å². The molecule has 0 amide bonds. The molecule has 0 radical (unpaired) electrons. The third-order valence-electron chi connectivity index (χ3n) is 2.76. The van der Waals surface area contributed by atoms with Crippen molar-refractivity contribution < 1.29 is 17.9 Å². The summed E-state index contributed by atoms with van der Waals surface area (Å²) in [6, 6.07) is 12.0. The molecule has 0 heterocycles. The van der Waals surface area contributed by atoms with Crippen LogP contribution in [-0.4, -0.2) is 0 Å². The lowest BCUT2D eigenvalue weighted by atomic mass is 10.1. The largest absolute Gasteiger partial charge is 0.488 e. The molecule has 2 aromatic rings. The summed E-state index contributed by atoms with van der Waals surface area (Å²) in [5.41, 5.74) is -0.279. The second kappa shape index (κ2) is 6.19. The van der Waals surface area contributed by atoms with Gasteiger partial charge in [0.2, 0.25) is 0 Å². The molecule has 2 rings (SSSR count). The first-order chi connectivity index (χ1) is 9.91. The van der Waals surface area contributed by atoms with Gasteiger partial charge in [-0.15, -0.1) is 0 Å². The highest BCUT2D eigenvalue weighted by Gasteiger charge is 2.34. The van der Waals surface area contributed by atoms with Crippen molar-refractivity contribution in [1.29, 1.82) is 5.26 Å². The number of halogens is 4. The molecule has 0 saturated carbocycles. The summed E-state index contributed by atoms with van der Waals surface area (Å²) in [5, 5.41) is 8.70. The van der Waals surface area contributed by atoms with Crippen LogP contribution < -0.4 is 4.74 Å². The second-order valence-corrected chi connectivity index (χ2v) is 5.05. The first-order valence-corrected chi connectivity index (χ1v) is 6.68. The van der Waals surface area contributed by atoms with E-state index >= 15 is 0 Å². The quantitative estimate of drug-likeness (QED) is 0.782. The highest BCUT2D eigenvalue weighted by atomic mass is 79.9. The molecule has 0 N–H and O–H groups in total. The van der Waals surface area contributed by atoms with Gasteiger partial charge in [0.15, 0.2) is 0 Å². The Morgan fingerprint density at radius 3 is 2.48 bits per heavy atom. The zero-order valence-corrected chi connectivity index (χ0v) is 12.2. The zero-order valence-electron chi connectivity index (χ0n) is 10.6. The molecule has 6 heteroatoms. The Bertz CT molecular complexity index is 692. The van der Waals surface area contributed by atoms with E-state index in [1.807, 2.05) is 0 Å². The summed E-state index contributed by atoms with van der Waals surface area (Å²) >= 11 is 3.31. The normalized spacial score (nSPS) is 11.0. The second-order valence-electron chi connectivity index (χ2n) is 4.20. The van der Waals surface area contributed by atoms with Crippen molar-refractivity contribution in [2.24, 2.45) is 0 Å². The first-order valence-electron chi connectivity index (χ1n) is 5.89. The van der Waals surface area contributed by atoms with E-state index in [0.29, 0.717) is 0 Å². The van der Waals surface area contributed by atoms with Crippen LogP contribution in [0.25, 0.3) is 0 Å². The van der Waals surface area contributed by atoms with E-state index in [0.717, 1.165) is 22.2 Å². The maximum Gasteiger partial charge on any atom is 0.420 e. The summed E-state index contributed by atoms with van der Waals surface area (Å²) in [6.07, 6.45) is -4.57. The molecule has 0 atom stereocenters. The van der Waals surface area contributed by atoms with E-state index in [1.165, 1.54) is 6.07 Å². The minimum atomic E-state index is -4.57. The van der Waals surface area contributed by atoms with Crippen molar-refractivity contribution >= 4 is 15.9 Å². The van der Waals surface area contributed by atoms with Crippen molar-refractivity contribution in [3.8, 4) is 11.8 Å². The third-order valence-corrected chi connectivity index (χ3v) is 3.53. The Kier molecular flexibility index (Phi) is 4.53. The fraction of sp³-hybridized carbons (Fsp3) is 0.133. The van der Waals surface area contributed by atoms with Crippen LogP contribution in [0.15, 0.2) is 46.9 Å². The van der Waals surface area contributed by atoms with Crippen LogP contribution in [-0.2, 0) is 12.8 Å². The van der Waals surface area contributed by atoms with E-state index < -0.39 is 11.7 Å². The Hall–Kier alpha value is -2.00. The molecule has 0 saturated heterocycles. The fourth-order valence-electron chi connectivity index (χ4n) is 1.72. The Labute approximate surface area is 127 Å². The molecule has 108 valence electrons. The topological polar surface area (TPSA) is 33.0 Å². The molecule has 21 heavy (non-hydrogen) atoms. The van der Waals surface area contributed by atoms with Gasteiger partial charge in [-0.2, -0.15) is 18.4 Å². The number of nitriles is 1. The number of hydrogen-bond acceptors (Lipinski definition) is 2. The van der Waals surface area contributed by atoms with Crippen molar-refractivity contribution in [2.75, 3.05) is 0 Å². The molecular weight excluding hydrogens is 347 g/mol. The molecule has 0 aliphatic carbocycles. The lowest BCUT2D eigenvalue weighted by Gasteiger charge is -2.14. The summed E-state index contributed by atoms with van der Waals surface area (Å²) in [7, 11) is 0. The maximum absolute atomic E-state index is 13.0. The van der Waals surface area contributed by atoms with Gasteiger partial charge in [-0.25, -0.2) is 0 Å². The number of benzene rings is 2. The van der Waals surface area contributed by atoms with Gasteiger partial charge in [0, 0.05) is 10.0 Å². The van der Waals surface area contributed by atoms with Gasteiger partial charge in [0.25, 0.3) is 0 Å². The fourth-order valence-corrected chi connectivity index (χ4v) is 2.12. The van der Waals surface area contributed by atoms with Crippen molar-refractivity contribution in [3.05, 3.63) is 63.6 Å². The van der Waals surface area contributed by atoms with E-state index in [9.17, 15) is 13.2 Å². The SMILES string of the molecule is N#Cc1ccc(OCc2ccccc2Br)c(C(F)(F)F)c1. The van der Waals surface area contributed by atoms with Crippen LogP contribution in [0.1, 0.15) is 16.7 Å². The summed E-state index contributed by atoms with van der Waals surface area (Å²) < 4.78 is 44.9. The molecule has 0 unspecified atom stereocenters. The smallest absolute Gasteiger partial charge is 0.420 e. The standard InChI is InChI=1S/C15H9BrF3NO/c16-13-4-2-1-3-11(13)9-21-14-6-5-10(8-20)7-12(14)15(17,18)19/h1-7H,9H2. The predicted octanol–water partition coefficient (Wildman–Crippen LogP) is 4.92. The summed E-state index contributed by atoms with van der Waals surface area (Å²) in [5.74, 6) is -0.294. The molecule has 0 aliphatic rings. The van der Waals surface area contributed by atoms with E-state index in [4.69, 9.17) is 10.00 Å². The zero-order chi connectivity index (χ0) is 15.5. The van der Waals surface area contributed by atoms with Gasteiger partial charge in [-0.3, -0.25) is 0 Å². The van der Waals surface area contributed by atoms with Gasteiger partial charge in [0.1, 0.15) is 12.4 Å². The van der Waals surface area contributed by atoms with E-state index in [1.54, 1.807) is 30.3 Å². The number of alkyl halides is 3. The number of rotatable bonds is 3. The molecule has 0 aliphatic heterocycles. The lowest BCUT2D eigenvalue weighted by Crippen LogP contribution is -2.09. The Morgan fingerprint density at radius 2 is 1.86 bits per heavy atom. The number of nitrogens with zero attached hydrogens (tertiary/aromatic N) is 1. The maximum atomic E-state index is 13.0. The number of ether oxygens (including phenoxy) is 1. The molecule has 2 nitrogen and oxygen atoms in total. The van der Waals surface area contributed by atoms with E-state index in [2.05, 4.69) is 15.9 Å². The first kappa shape index (κ1) is 15.4. The van der Waals surface area contributed by atoms with Crippen LogP contribution in [0.2, 0.25) is 0 Å². The van der Waals surface area contributed by atoms with E-state index in [-0.39, 0.29) is 17.9 Å². The third kappa shape index (κ3) is 3.76. The van der Waals surface area contributed by atoms with Crippen LogP contribution >= 0.6 is 15.9 Å². The molecule has 0 fully saturated rings. The number of hydrogen-bond donors (Lipinski definition) is 0. The van der Waals surface area contributed by atoms with Gasteiger partial charge in [-0.05, 0) is 24.3 Å². The van der Waals surface area contributed by atoms with Crippen molar-refractivity contribution in [3.63, 3.8) is 0 Å². The van der Waals surface area contributed by atoms with Crippen LogP contribution in [0.3, 0.4) is 0 Å². The Balaban J connectivity index is 2.28.